The van der Waals surface area contributed by atoms with Crippen LogP contribution in [0.2, 0.25) is 0 Å². The first-order chi connectivity index (χ1) is 5.58. The zero-order chi connectivity index (χ0) is 9.03. The molecular formula is C7H15ClFNO2S. The summed E-state index contributed by atoms with van der Waals surface area (Å²) in [5.41, 5.74) is 0. The molecule has 80 valence electrons. The van der Waals surface area contributed by atoms with Gasteiger partial charge in [-0.3, -0.25) is 0 Å². The van der Waals surface area contributed by atoms with Crippen molar-refractivity contribution in [2.75, 3.05) is 12.3 Å². The molecule has 1 saturated heterocycles. The molecule has 6 heteroatoms. The lowest BCUT2D eigenvalue weighted by molar-refractivity contribution is 0.391. The second-order valence-electron chi connectivity index (χ2n) is 3.18. The van der Waals surface area contributed by atoms with Gasteiger partial charge in [0.25, 0.3) is 0 Å². The highest BCUT2D eigenvalue weighted by molar-refractivity contribution is 7.86. The lowest BCUT2D eigenvalue weighted by Crippen LogP contribution is -2.35. The third-order valence-corrected chi connectivity index (χ3v) is 2.85. The highest BCUT2D eigenvalue weighted by Crippen LogP contribution is 2.11. The van der Waals surface area contributed by atoms with Crippen LogP contribution < -0.4 is 5.32 Å². The monoisotopic (exact) mass is 231 g/mol. The first-order valence-electron chi connectivity index (χ1n) is 4.24. The van der Waals surface area contributed by atoms with Gasteiger partial charge in [-0.15, -0.1) is 16.3 Å². The van der Waals surface area contributed by atoms with Crippen LogP contribution in [0.1, 0.15) is 25.7 Å². The predicted molar refractivity (Wildman–Crippen MR) is 52.4 cm³/mol. The summed E-state index contributed by atoms with van der Waals surface area (Å²) in [5.74, 6) is -0.343. The Morgan fingerprint density at radius 2 is 2.08 bits per heavy atom. The molecule has 0 aromatic heterocycles. The van der Waals surface area contributed by atoms with Crippen LogP contribution in [0.4, 0.5) is 3.89 Å². The molecule has 0 aromatic carbocycles. The third-order valence-electron chi connectivity index (χ3n) is 2.12. The number of halogens is 2. The van der Waals surface area contributed by atoms with E-state index in [1.807, 2.05) is 0 Å². The zero-order valence-electron chi connectivity index (χ0n) is 7.33. The van der Waals surface area contributed by atoms with Gasteiger partial charge < -0.3 is 5.32 Å². The molecule has 1 aliphatic rings. The maximum atomic E-state index is 12.1. The quantitative estimate of drug-likeness (QED) is 0.744. The summed E-state index contributed by atoms with van der Waals surface area (Å²) in [4.78, 5) is 0. The van der Waals surface area contributed by atoms with Gasteiger partial charge in [0, 0.05) is 6.04 Å². The number of piperidine rings is 1. The standard InChI is InChI=1S/C7H14FNO2S.ClH/c8-12(10,11)6-4-7-3-1-2-5-9-7;/h7,9H,1-6H2;1H. The van der Waals surface area contributed by atoms with Gasteiger partial charge in [-0.25, -0.2) is 0 Å². The topological polar surface area (TPSA) is 46.2 Å². The SMILES string of the molecule is Cl.O=S(=O)(F)CCC1CCCCN1. The summed E-state index contributed by atoms with van der Waals surface area (Å²) >= 11 is 0. The largest absolute Gasteiger partial charge is 0.314 e. The number of nitrogens with one attached hydrogen (secondary N) is 1. The molecule has 13 heavy (non-hydrogen) atoms. The van der Waals surface area contributed by atoms with Crippen LogP contribution in [0.25, 0.3) is 0 Å². The van der Waals surface area contributed by atoms with Crippen molar-refractivity contribution in [3.63, 3.8) is 0 Å². The van der Waals surface area contributed by atoms with Gasteiger partial charge in [0.1, 0.15) is 0 Å². The molecule has 1 N–H and O–H groups in total. The van der Waals surface area contributed by atoms with Gasteiger partial charge in [0.05, 0.1) is 5.75 Å². The minimum absolute atomic E-state index is 0. The van der Waals surface area contributed by atoms with Crippen molar-refractivity contribution in [3.8, 4) is 0 Å². The second kappa shape index (κ2) is 5.78. The van der Waals surface area contributed by atoms with Crippen LogP contribution in [0.3, 0.4) is 0 Å². The third kappa shape index (κ3) is 6.23. The minimum Gasteiger partial charge on any atom is -0.314 e. The smallest absolute Gasteiger partial charge is 0.302 e. The first kappa shape index (κ1) is 13.1. The summed E-state index contributed by atoms with van der Waals surface area (Å²) in [6.07, 6.45) is 3.62. The summed E-state index contributed by atoms with van der Waals surface area (Å²) < 4.78 is 32.4. The van der Waals surface area contributed by atoms with Crippen molar-refractivity contribution >= 4 is 22.6 Å². The minimum atomic E-state index is -4.26. The molecule has 0 aliphatic carbocycles. The van der Waals surface area contributed by atoms with Crippen LogP contribution >= 0.6 is 12.4 Å². The summed E-state index contributed by atoms with van der Waals surface area (Å²) in [6, 6.07) is 0.198. The van der Waals surface area contributed by atoms with Crippen molar-refractivity contribution in [3.05, 3.63) is 0 Å². The van der Waals surface area contributed by atoms with E-state index < -0.39 is 10.2 Å². The van der Waals surface area contributed by atoms with Crippen LogP contribution in [0.15, 0.2) is 0 Å². The molecule has 0 bridgehead atoms. The van der Waals surface area contributed by atoms with E-state index in [1.165, 1.54) is 0 Å². The highest BCUT2D eigenvalue weighted by Gasteiger charge is 2.16. The second-order valence-corrected chi connectivity index (χ2v) is 4.66. The lowest BCUT2D eigenvalue weighted by atomic mass is 10.0. The molecule has 1 atom stereocenters. The van der Waals surface area contributed by atoms with Gasteiger partial charge in [0.15, 0.2) is 0 Å². The first-order valence-corrected chi connectivity index (χ1v) is 5.79. The number of hydrogen-bond donors (Lipinski definition) is 1. The van der Waals surface area contributed by atoms with Crippen LogP contribution in [-0.2, 0) is 10.2 Å². The molecule has 1 fully saturated rings. The van der Waals surface area contributed by atoms with Crippen molar-refractivity contribution in [1.82, 2.24) is 5.32 Å². The molecule has 3 nitrogen and oxygen atoms in total. The van der Waals surface area contributed by atoms with E-state index in [0.29, 0.717) is 6.42 Å². The van der Waals surface area contributed by atoms with Crippen molar-refractivity contribution < 1.29 is 12.3 Å². The van der Waals surface area contributed by atoms with Gasteiger partial charge in [0.2, 0.25) is 0 Å². The van der Waals surface area contributed by atoms with Crippen molar-refractivity contribution in [2.45, 2.75) is 31.7 Å². The zero-order valence-corrected chi connectivity index (χ0v) is 8.96. The average molecular weight is 232 g/mol. The summed E-state index contributed by atoms with van der Waals surface area (Å²) in [5, 5.41) is 3.16. The van der Waals surface area contributed by atoms with E-state index in [1.54, 1.807) is 0 Å². The Morgan fingerprint density at radius 1 is 1.38 bits per heavy atom. The Balaban J connectivity index is 0.00000144. The van der Waals surface area contributed by atoms with E-state index >= 15 is 0 Å². The Labute approximate surface area is 84.7 Å². The van der Waals surface area contributed by atoms with E-state index in [-0.39, 0.29) is 24.2 Å². The van der Waals surface area contributed by atoms with Crippen molar-refractivity contribution in [1.29, 1.82) is 0 Å². The van der Waals surface area contributed by atoms with E-state index in [0.717, 1.165) is 25.8 Å². The maximum Gasteiger partial charge on any atom is 0.302 e. The summed E-state index contributed by atoms with van der Waals surface area (Å²) in [6.45, 7) is 0.928. The molecular weight excluding hydrogens is 217 g/mol. The normalized spacial score (nSPS) is 23.6. The van der Waals surface area contributed by atoms with Crippen LogP contribution in [0, 0.1) is 0 Å². The number of hydrogen-bond acceptors (Lipinski definition) is 3. The highest BCUT2D eigenvalue weighted by atomic mass is 35.5. The molecule has 0 aromatic rings. The van der Waals surface area contributed by atoms with E-state index in [9.17, 15) is 12.3 Å². The van der Waals surface area contributed by atoms with Crippen LogP contribution in [0.5, 0.6) is 0 Å². The Morgan fingerprint density at radius 3 is 2.54 bits per heavy atom. The van der Waals surface area contributed by atoms with Gasteiger partial charge in [-0.1, -0.05) is 6.42 Å². The Bertz CT molecular complexity index is 227. The van der Waals surface area contributed by atoms with Gasteiger partial charge in [-0.05, 0) is 25.8 Å². The Kier molecular flexibility index (Phi) is 5.83. The predicted octanol–water partition coefficient (Wildman–Crippen LogP) is 1.24. The molecule has 0 saturated carbocycles. The molecule has 1 heterocycles. The molecule has 0 spiro atoms. The molecule has 0 amide bonds. The van der Waals surface area contributed by atoms with Crippen molar-refractivity contribution in [2.24, 2.45) is 0 Å². The fourth-order valence-electron chi connectivity index (χ4n) is 1.45. The summed E-state index contributed by atoms with van der Waals surface area (Å²) in [7, 11) is -4.26. The van der Waals surface area contributed by atoms with Gasteiger partial charge >= 0.3 is 10.2 Å². The maximum absolute atomic E-state index is 12.1. The van der Waals surface area contributed by atoms with E-state index in [4.69, 9.17) is 0 Å². The molecule has 1 unspecified atom stereocenters. The Hall–Kier alpha value is 0.130. The molecule has 0 radical (unpaired) electrons. The van der Waals surface area contributed by atoms with Crippen LogP contribution in [-0.4, -0.2) is 26.8 Å². The molecule has 1 rings (SSSR count). The fraction of sp³-hybridized carbons (Fsp3) is 1.00. The molecule has 1 aliphatic heterocycles. The fourth-order valence-corrected chi connectivity index (χ4v) is 2.02. The average Bonchev–Trinajstić information content (AvgIpc) is 2.02. The van der Waals surface area contributed by atoms with Gasteiger partial charge in [-0.2, -0.15) is 8.42 Å². The number of rotatable bonds is 3. The van der Waals surface area contributed by atoms with E-state index in [2.05, 4.69) is 5.32 Å². The lowest BCUT2D eigenvalue weighted by Gasteiger charge is -2.22.